The van der Waals surface area contributed by atoms with Gasteiger partial charge in [-0.3, -0.25) is 0 Å². The first-order chi connectivity index (χ1) is 13.4. The van der Waals surface area contributed by atoms with E-state index in [1.54, 1.807) is 6.07 Å². The summed E-state index contributed by atoms with van der Waals surface area (Å²) >= 11 is 12.5. The van der Waals surface area contributed by atoms with Crippen LogP contribution in [0.25, 0.3) is 11.3 Å². The number of aromatic nitrogens is 2. The predicted octanol–water partition coefficient (Wildman–Crippen LogP) is 4.73. The fraction of sp³-hybridized carbons (Fsp3) is 0.476. The number of halogens is 2. The monoisotopic (exact) mass is 415 g/mol. The molecule has 1 saturated heterocycles. The van der Waals surface area contributed by atoms with Crippen molar-refractivity contribution < 1.29 is 0 Å². The molecule has 1 aromatic carbocycles. The van der Waals surface area contributed by atoms with Crippen LogP contribution in [-0.2, 0) is 0 Å². The molecular weight excluding hydrogens is 393 g/mol. The maximum absolute atomic E-state index is 9.72. The summed E-state index contributed by atoms with van der Waals surface area (Å²) in [6, 6.07) is 7.91. The summed E-state index contributed by atoms with van der Waals surface area (Å²) in [6.07, 6.45) is 5.64. The zero-order chi connectivity index (χ0) is 19.9. The summed E-state index contributed by atoms with van der Waals surface area (Å²) < 4.78 is 0. The second-order valence-corrected chi connectivity index (χ2v) is 8.68. The summed E-state index contributed by atoms with van der Waals surface area (Å²) in [5.41, 5.74) is 9.00. The largest absolute Gasteiger partial charge is 0.354 e. The lowest BCUT2D eigenvalue weighted by atomic mass is 9.74. The van der Waals surface area contributed by atoms with Crippen molar-refractivity contribution in [1.29, 1.82) is 5.26 Å². The fourth-order valence-corrected chi connectivity index (χ4v) is 5.09. The van der Waals surface area contributed by atoms with E-state index in [1.807, 2.05) is 19.1 Å². The van der Waals surface area contributed by atoms with Crippen LogP contribution in [-0.4, -0.2) is 29.1 Å². The predicted molar refractivity (Wildman–Crippen MR) is 113 cm³/mol. The summed E-state index contributed by atoms with van der Waals surface area (Å²) in [4.78, 5) is 11.5. The number of benzene rings is 1. The van der Waals surface area contributed by atoms with Gasteiger partial charge >= 0.3 is 0 Å². The smallest absolute Gasteiger partial charge is 0.183 e. The van der Waals surface area contributed by atoms with Crippen LogP contribution < -0.4 is 10.6 Å². The fourth-order valence-electron chi connectivity index (χ4n) is 4.70. The van der Waals surface area contributed by atoms with Gasteiger partial charge in [0.25, 0.3) is 0 Å². The Labute approximate surface area is 175 Å². The minimum absolute atomic E-state index is 0.264. The van der Waals surface area contributed by atoms with Crippen LogP contribution in [0.1, 0.15) is 43.5 Å². The Morgan fingerprint density at radius 2 is 1.96 bits per heavy atom. The van der Waals surface area contributed by atoms with Gasteiger partial charge in [-0.05, 0) is 44.1 Å². The summed E-state index contributed by atoms with van der Waals surface area (Å²) in [7, 11) is 0. The maximum atomic E-state index is 9.72. The molecule has 1 aliphatic heterocycles. The quantitative estimate of drug-likeness (QED) is 0.766. The minimum Gasteiger partial charge on any atom is -0.354 e. The number of nitrogens with two attached hydrogens (primary N) is 1. The Hall–Kier alpha value is -1.87. The summed E-state index contributed by atoms with van der Waals surface area (Å²) in [6.45, 7) is 3.60. The van der Waals surface area contributed by atoms with Gasteiger partial charge < -0.3 is 10.6 Å². The third kappa shape index (κ3) is 3.24. The average molecular weight is 416 g/mol. The van der Waals surface area contributed by atoms with E-state index in [-0.39, 0.29) is 5.41 Å². The SMILES string of the molecule is Cc1nc(N2CCC3(CCC[C@H]3N)CC2)c(C#N)nc1-c1cccc(Cl)c1Cl. The molecular formula is C21H23Cl2N5. The van der Waals surface area contributed by atoms with Crippen molar-refractivity contribution in [1.82, 2.24) is 9.97 Å². The molecule has 1 aromatic heterocycles. The zero-order valence-corrected chi connectivity index (χ0v) is 17.4. The highest BCUT2D eigenvalue weighted by molar-refractivity contribution is 6.43. The molecule has 0 amide bonds. The number of nitrogens with zero attached hydrogens (tertiary/aromatic N) is 4. The number of hydrogen-bond acceptors (Lipinski definition) is 5. The van der Waals surface area contributed by atoms with Crippen LogP contribution in [0.4, 0.5) is 5.82 Å². The molecule has 4 rings (SSSR count). The van der Waals surface area contributed by atoms with Crippen LogP contribution in [0.5, 0.6) is 0 Å². The Bertz CT molecular complexity index is 945. The molecule has 0 unspecified atom stereocenters. The third-order valence-electron chi connectivity index (χ3n) is 6.40. The second-order valence-electron chi connectivity index (χ2n) is 7.89. The lowest BCUT2D eigenvalue weighted by Crippen LogP contribution is -2.47. The molecule has 0 bridgehead atoms. The van der Waals surface area contributed by atoms with Crippen LogP contribution in [0.15, 0.2) is 18.2 Å². The summed E-state index contributed by atoms with van der Waals surface area (Å²) in [5.74, 6) is 0.656. The molecule has 146 valence electrons. The topological polar surface area (TPSA) is 78.8 Å². The third-order valence-corrected chi connectivity index (χ3v) is 7.22. The average Bonchev–Trinajstić information content (AvgIpc) is 3.04. The van der Waals surface area contributed by atoms with Gasteiger partial charge in [0, 0.05) is 24.7 Å². The highest BCUT2D eigenvalue weighted by atomic mass is 35.5. The second kappa shape index (κ2) is 7.51. The number of piperidine rings is 1. The van der Waals surface area contributed by atoms with Crippen molar-refractivity contribution in [3.8, 4) is 17.3 Å². The molecule has 28 heavy (non-hydrogen) atoms. The van der Waals surface area contributed by atoms with Crippen molar-refractivity contribution in [2.24, 2.45) is 11.1 Å². The molecule has 1 atom stereocenters. The molecule has 7 heteroatoms. The first-order valence-corrected chi connectivity index (χ1v) is 10.4. The maximum Gasteiger partial charge on any atom is 0.183 e. The van der Waals surface area contributed by atoms with E-state index >= 15 is 0 Å². The Balaban J connectivity index is 1.66. The molecule has 5 nitrogen and oxygen atoms in total. The van der Waals surface area contributed by atoms with Crippen molar-refractivity contribution in [3.63, 3.8) is 0 Å². The molecule has 2 aromatic rings. The zero-order valence-electron chi connectivity index (χ0n) is 15.9. The van der Waals surface area contributed by atoms with Gasteiger partial charge in [0.1, 0.15) is 6.07 Å². The Morgan fingerprint density at radius 3 is 2.61 bits per heavy atom. The summed E-state index contributed by atoms with van der Waals surface area (Å²) in [5, 5.41) is 10.6. The molecule has 2 fully saturated rings. The first-order valence-electron chi connectivity index (χ1n) is 9.69. The number of anilines is 1. The minimum atomic E-state index is 0.264. The lowest BCUT2D eigenvalue weighted by molar-refractivity contribution is 0.197. The molecule has 1 aliphatic carbocycles. The lowest BCUT2D eigenvalue weighted by Gasteiger charge is -2.42. The highest BCUT2D eigenvalue weighted by Crippen LogP contribution is 2.46. The van der Waals surface area contributed by atoms with Crippen LogP contribution in [0.2, 0.25) is 10.0 Å². The van der Waals surface area contributed by atoms with E-state index < -0.39 is 0 Å². The molecule has 1 spiro atoms. The molecule has 0 radical (unpaired) electrons. The van der Waals surface area contributed by atoms with Crippen molar-refractivity contribution in [2.75, 3.05) is 18.0 Å². The van der Waals surface area contributed by atoms with E-state index in [1.165, 1.54) is 12.8 Å². The highest BCUT2D eigenvalue weighted by Gasteiger charge is 2.43. The molecule has 1 saturated carbocycles. The van der Waals surface area contributed by atoms with Crippen LogP contribution in [0.3, 0.4) is 0 Å². The molecule has 2 aliphatic rings. The number of hydrogen-bond donors (Lipinski definition) is 1. The van der Waals surface area contributed by atoms with Gasteiger partial charge in [-0.25, -0.2) is 9.97 Å². The van der Waals surface area contributed by atoms with E-state index in [0.717, 1.165) is 38.0 Å². The van der Waals surface area contributed by atoms with Gasteiger partial charge in [-0.2, -0.15) is 5.26 Å². The van der Waals surface area contributed by atoms with Crippen LogP contribution >= 0.6 is 23.2 Å². The van der Waals surface area contributed by atoms with E-state index in [0.29, 0.717) is 38.9 Å². The molecule has 2 N–H and O–H groups in total. The molecule has 2 heterocycles. The van der Waals surface area contributed by atoms with Gasteiger partial charge in [-0.15, -0.1) is 0 Å². The van der Waals surface area contributed by atoms with Gasteiger partial charge in [0.15, 0.2) is 11.5 Å². The van der Waals surface area contributed by atoms with Crippen molar-refractivity contribution in [2.45, 2.75) is 45.1 Å². The Kier molecular flexibility index (Phi) is 5.22. The standard InChI is InChI=1S/C21H23Cl2N5/c1-13-19(14-4-2-5-15(22)18(14)23)27-16(12-24)20(26-13)28-10-8-21(9-11-28)7-3-6-17(21)25/h2,4-5,17H,3,6-11,25H2,1H3/t17-/m1/s1. The van der Waals surface area contributed by atoms with Gasteiger partial charge in [0.2, 0.25) is 0 Å². The van der Waals surface area contributed by atoms with Crippen molar-refractivity contribution in [3.05, 3.63) is 39.6 Å². The number of aryl methyl sites for hydroxylation is 1. The normalized spacial score (nSPS) is 21.1. The van der Waals surface area contributed by atoms with Gasteiger partial charge in [-0.1, -0.05) is 41.8 Å². The van der Waals surface area contributed by atoms with Crippen molar-refractivity contribution >= 4 is 29.0 Å². The van der Waals surface area contributed by atoms with Gasteiger partial charge in [0.05, 0.1) is 21.4 Å². The number of rotatable bonds is 2. The number of nitriles is 1. The van der Waals surface area contributed by atoms with E-state index in [4.69, 9.17) is 33.9 Å². The van der Waals surface area contributed by atoms with E-state index in [2.05, 4.69) is 16.0 Å². The first kappa shape index (κ1) is 19.4. The Morgan fingerprint density at radius 1 is 1.21 bits per heavy atom. The van der Waals surface area contributed by atoms with E-state index in [9.17, 15) is 5.26 Å². The van der Waals surface area contributed by atoms with Crippen LogP contribution in [0, 0.1) is 23.7 Å².